The highest BCUT2D eigenvalue weighted by Gasteiger charge is 2.28. The summed E-state index contributed by atoms with van der Waals surface area (Å²) in [6.45, 7) is 3.94. The number of ether oxygens (including phenoxy) is 1. The first-order valence-corrected chi connectivity index (χ1v) is 6.90. The van der Waals surface area contributed by atoms with E-state index >= 15 is 0 Å². The van der Waals surface area contributed by atoms with Gasteiger partial charge in [0.25, 0.3) is 0 Å². The van der Waals surface area contributed by atoms with E-state index in [0.717, 1.165) is 22.6 Å². The second-order valence-electron chi connectivity index (χ2n) is 5.39. The molecular weight excluding hydrogens is 268 g/mol. The number of esters is 2. The van der Waals surface area contributed by atoms with Crippen molar-refractivity contribution in [2.24, 2.45) is 0 Å². The van der Waals surface area contributed by atoms with E-state index in [9.17, 15) is 9.59 Å². The van der Waals surface area contributed by atoms with E-state index < -0.39 is 11.9 Å². The van der Waals surface area contributed by atoms with Crippen molar-refractivity contribution in [3.63, 3.8) is 0 Å². The number of nitrogens with zero attached hydrogens (tertiary/aromatic N) is 2. The lowest BCUT2D eigenvalue weighted by Gasteiger charge is -2.20. The van der Waals surface area contributed by atoms with Crippen LogP contribution in [0.3, 0.4) is 0 Å². The van der Waals surface area contributed by atoms with Gasteiger partial charge < -0.3 is 4.74 Å². The maximum absolute atomic E-state index is 11.4. The second kappa shape index (κ2) is 5.16. The Bertz CT molecular complexity index is 702. The minimum atomic E-state index is -0.451. The molecule has 1 aliphatic heterocycles. The lowest BCUT2D eigenvalue weighted by molar-refractivity contribution is -0.163. The topological polar surface area (TPSA) is 61.2 Å². The molecule has 21 heavy (non-hydrogen) atoms. The average molecular weight is 284 g/mol. The van der Waals surface area contributed by atoms with Gasteiger partial charge >= 0.3 is 11.9 Å². The van der Waals surface area contributed by atoms with Crippen molar-refractivity contribution in [1.29, 1.82) is 0 Å². The van der Waals surface area contributed by atoms with Gasteiger partial charge in [-0.15, -0.1) is 0 Å². The Balaban J connectivity index is 1.95. The van der Waals surface area contributed by atoms with Crippen molar-refractivity contribution in [1.82, 2.24) is 9.78 Å². The lowest BCUT2D eigenvalue weighted by Crippen LogP contribution is -2.24. The molecule has 1 saturated heterocycles. The summed E-state index contributed by atoms with van der Waals surface area (Å²) in [5, 5.41) is 4.45. The number of hydrogen-bond donors (Lipinski definition) is 0. The number of carbonyl (C=O) groups is 2. The number of benzene rings is 1. The fraction of sp³-hybridized carbons (Fsp3) is 0.312. The smallest absolute Gasteiger partial charge is 0.314 e. The molecule has 0 bridgehead atoms. The van der Waals surface area contributed by atoms with Gasteiger partial charge in [-0.3, -0.25) is 9.59 Å². The normalized spacial score (nSPS) is 16.1. The molecule has 5 heteroatoms. The summed E-state index contributed by atoms with van der Waals surface area (Å²) < 4.78 is 6.44. The average Bonchev–Trinajstić information content (AvgIpc) is 2.77. The summed E-state index contributed by atoms with van der Waals surface area (Å²) in [6, 6.07) is 9.81. The zero-order chi connectivity index (χ0) is 15.0. The van der Waals surface area contributed by atoms with Gasteiger partial charge in [0.2, 0.25) is 0 Å². The van der Waals surface area contributed by atoms with Gasteiger partial charge in [0.05, 0.1) is 24.2 Å². The van der Waals surface area contributed by atoms with E-state index in [1.165, 1.54) is 0 Å². The van der Waals surface area contributed by atoms with E-state index in [2.05, 4.69) is 9.84 Å². The van der Waals surface area contributed by atoms with Crippen LogP contribution in [0.5, 0.6) is 0 Å². The molecular formula is C16H16N2O3. The van der Waals surface area contributed by atoms with Crippen LogP contribution in [-0.4, -0.2) is 21.7 Å². The van der Waals surface area contributed by atoms with Crippen LogP contribution in [0.15, 0.2) is 30.3 Å². The van der Waals surface area contributed by atoms with Crippen molar-refractivity contribution in [2.45, 2.75) is 32.6 Å². The molecule has 0 unspecified atom stereocenters. The van der Waals surface area contributed by atoms with Gasteiger partial charge in [0.1, 0.15) is 0 Å². The van der Waals surface area contributed by atoms with Crippen LogP contribution in [0.1, 0.15) is 35.7 Å². The largest absolute Gasteiger partial charge is 0.393 e. The molecule has 0 amide bonds. The Morgan fingerprint density at radius 1 is 1.14 bits per heavy atom. The highest BCUT2D eigenvalue weighted by molar-refractivity contribution is 5.89. The van der Waals surface area contributed by atoms with Crippen LogP contribution in [0.25, 0.3) is 5.69 Å². The first kappa shape index (κ1) is 13.5. The maximum Gasteiger partial charge on any atom is 0.314 e. The Morgan fingerprint density at radius 3 is 2.48 bits per heavy atom. The van der Waals surface area contributed by atoms with Crippen molar-refractivity contribution < 1.29 is 14.3 Å². The summed E-state index contributed by atoms with van der Waals surface area (Å²) in [7, 11) is 0. The molecule has 1 aromatic carbocycles. The number of cyclic esters (lactones) is 2. The van der Waals surface area contributed by atoms with Gasteiger partial charge in [-0.25, -0.2) is 4.68 Å². The minimum absolute atomic E-state index is 0.115. The molecule has 2 aromatic rings. The number of carbonyl (C=O) groups excluding carboxylic acids is 2. The van der Waals surface area contributed by atoms with Gasteiger partial charge in [-0.05, 0) is 37.6 Å². The highest BCUT2D eigenvalue weighted by Crippen LogP contribution is 2.29. The molecule has 3 rings (SSSR count). The van der Waals surface area contributed by atoms with Crippen molar-refractivity contribution >= 4 is 11.9 Å². The Hall–Kier alpha value is -2.43. The maximum atomic E-state index is 11.4. The predicted molar refractivity (Wildman–Crippen MR) is 76.1 cm³/mol. The van der Waals surface area contributed by atoms with E-state index in [4.69, 9.17) is 0 Å². The molecule has 1 aliphatic rings. The fourth-order valence-corrected chi connectivity index (χ4v) is 2.72. The van der Waals surface area contributed by atoms with Crippen LogP contribution >= 0.6 is 0 Å². The first-order chi connectivity index (χ1) is 10.0. The molecule has 0 atom stereocenters. The number of hydrogen-bond acceptors (Lipinski definition) is 4. The van der Waals surface area contributed by atoms with Gasteiger partial charge in [0.15, 0.2) is 0 Å². The molecule has 5 nitrogen and oxygen atoms in total. The third-order valence-corrected chi connectivity index (χ3v) is 3.65. The predicted octanol–water partition coefficient (Wildman–Crippen LogP) is 2.44. The van der Waals surface area contributed by atoms with Crippen LogP contribution in [0, 0.1) is 13.8 Å². The van der Waals surface area contributed by atoms with Gasteiger partial charge in [0, 0.05) is 11.6 Å². The van der Waals surface area contributed by atoms with Crippen LogP contribution < -0.4 is 0 Å². The van der Waals surface area contributed by atoms with E-state index in [0.29, 0.717) is 0 Å². The molecule has 1 aromatic heterocycles. The molecule has 0 N–H and O–H groups in total. The van der Waals surface area contributed by atoms with Gasteiger partial charge in [-0.1, -0.05) is 12.1 Å². The highest BCUT2D eigenvalue weighted by atomic mass is 16.6. The number of rotatable bonds is 2. The molecule has 0 spiro atoms. The van der Waals surface area contributed by atoms with E-state index in [-0.39, 0.29) is 18.8 Å². The van der Waals surface area contributed by atoms with Crippen molar-refractivity contribution in [3.8, 4) is 5.69 Å². The Kier molecular flexibility index (Phi) is 3.33. The summed E-state index contributed by atoms with van der Waals surface area (Å²) in [4.78, 5) is 22.8. The molecule has 108 valence electrons. The molecule has 0 aliphatic carbocycles. The first-order valence-electron chi connectivity index (χ1n) is 6.90. The molecule has 1 fully saturated rings. The summed E-state index contributed by atoms with van der Waals surface area (Å²) in [5.41, 5.74) is 3.90. The Morgan fingerprint density at radius 2 is 1.86 bits per heavy atom. The number of aryl methyl sites for hydroxylation is 2. The molecule has 0 saturated carbocycles. The minimum Gasteiger partial charge on any atom is -0.393 e. The molecule has 2 heterocycles. The second-order valence-corrected chi connectivity index (χ2v) is 5.39. The SMILES string of the molecule is Cc1cc(C)n(-c2cccc(C3CC(=O)OC(=O)C3)c2)n1. The fourth-order valence-electron chi connectivity index (χ4n) is 2.72. The zero-order valence-electron chi connectivity index (χ0n) is 12.0. The summed E-state index contributed by atoms with van der Waals surface area (Å²) in [6.07, 6.45) is 0.485. The van der Waals surface area contributed by atoms with Crippen LogP contribution in [-0.2, 0) is 14.3 Å². The van der Waals surface area contributed by atoms with Gasteiger partial charge in [-0.2, -0.15) is 5.10 Å². The summed E-state index contributed by atoms with van der Waals surface area (Å²) in [5.74, 6) is -1.02. The van der Waals surface area contributed by atoms with Crippen LogP contribution in [0.4, 0.5) is 0 Å². The van der Waals surface area contributed by atoms with Crippen LogP contribution in [0.2, 0.25) is 0 Å². The number of aromatic nitrogens is 2. The monoisotopic (exact) mass is 284 g/mol. The van der Waals surface area contributed by atoms with Crippen molar-refractivity contribution in [2.75, 3.05) is 0 Å². The standard InChI is InChI=1S/C16H16N2O3/c1-10-6-11(2)18(17-10)14-5-3-4-12(7-14)13-8-15(19)21-16(20)9-13/h3-7,13H,8-9H2,1-2H3. The Labute approximate surface area is 122 Å². The zero-order valence-corrected chi connectivity index (χ0v) is 12.0. The quantitative estimate of drug-likeness (QED) is 0.627. The van der Waals surface area contributed by atoms with E-state index in [1.54, 1.807) is 0 Å². The van der Waals surface area contributed by atoms with Crippen molar-refractivity contribution in [3.05, 3.63) is 47.3 Å². The third kappa shape index (κ3) is 2.72. The lowest BCUT2D eigenvalue weighted by atomic mass is 9.91. The van der Waals surface area contributed by atoms with E-state index in [1.807, 2.05) is 48.9 Å². The summed E-state index contributed by atoms with van der Waals surface area (Å²) >= 11 is 0. The third-order valence-electron chi connectivity index (χ3n) is 3.65. The molecule has 0 radical (unpaired) electrons.